The van der Waals surface area contributed by atoms with Crippen LogP contribution in [0.25, 0.3) is 0 Å². The van der Waals surface area contributed by atoms with Crippen LogP contribution in [-0.4, -0.2) is 53.5 Å². The van der Waals surface area contributed by atoms with Gasteiger partial charge in [-0.2, -0.15) is 0 Å². The van der Waals surface area contributed by atoms with Crippen molar-refractivity contribution in [3.05, 3.63) is 64.7 Å². The Labute approximate surface area is 205 Å². The number of rotatable bonds is 11. The fourth-order valence-corrected chi connectivity index (χ4v) is 4.19. The van der Waals surface area contributed by atoms with E-state index in [0.717, 1.165) is 13.0 Å². The number of hydrogen-bond acceptors (Lipinski definition) is 7. The molecule has 2 amide bonds. The molecule has 4 N–H and O–H groups in total. The Kier molecular flexibility index (Phi) is 9.56. The number of piperidine rings is 1. The monoisotopic (exact) mass is 483 g/mol. The van der Waals surface area contributed by atoms with E-state index in [9.17, 15) is 19.7 Å². The molecule has 3 atom stereocenters. The van der Waals surface area contributed by atoms with Crippen molar-refractivity contribution >= 4 is 23.2 Å². The van der Waals surface area contributed by atoms with Crippen molar-refractivity contribution in [2.45, 2.75) is 44.8 Å². The molecule has 1 aliphatic rings. The standard InChI is InChI=1S/C25H33N5O5/c1-18-13-15-27-23(16-18)29(24(31)17-35-21-6-3-2-4-7-21)22(8-5-14-26)25(32)28-19-9-11-20(12-10-19)30(33)34/h2-4,6-7,9-12,18,22-23,27H,5,8,13-17,26H2,1H3,(H,28,32)/t18?,22-,23?/m0/s1. The Morgan fingerprint density at radius 2 is 1.94 bits per heavy atom. The molecule has 10 nitrogen and oxygen atoms in total. The molecule has 0 aromatic heterocycles. The molecule has 0 spiro atoms. The van der Waals surface area contributed by atoms with Crippen molar-refractivity contribution in [2.75, 3.05) is 25.0 Å². The zero-order valence-corrected chi connectivity index (χ0v) is 19.9. The Hall–Kier alpha value is -3.50. The average Bonchev–Trinajstić information content (AvgIpc) is 2.86. The molecule has 1 fully saturated rings. The molecule has 0 radical (unpaired) electrons. The first-order chi connectivity index (χ1) is 16.9. The molecule has 188 valence electrons. The van der Waals surface area contributed by atoms with Crippen LogP contribution in [-0.2, 0) is 9.59 Å². The first-order valence-corrected chi connectivity index (χ1v) is 11.9. The molecule has 35 heavy (non-hydrogen) atoms. The number of nitrogens with one attached hydrogen (secondary N) is 2. The van der Waals surface area contributed by atoms with Crippen molar-refractivity contribution < 1.29 is 19.2 Å². The highest BCUT2D eigenvalue weighted by Gasteiger charge is 2.37. The van der Waals surface area contributed by atoms with Crippen LogP contribution in [0.4, 0.5) is 11.4 Å². The van der Waals surface area contributed by atoms with E-state index < -0.39 is 11.0 Å². The number of nitro benzene ring substituents is 1. The Morgan fingerprint density at radius 3 is 2.57 bits per heavy atom. The number of nitrogens with zero attached hydrogens (tertiary/aromatic N) is 2. The summed E-state index contributed by atoms with van der Waals surface area (Å²) in [7, 11) is 0. The minimum Gasteiger partial charge on any atom is -0.484 e. The van der Waals surface area contributed by atoms with Crippen LogP contribution < -0.4 is 21.1 Å². The van der Waals surface area contributed by atoms with Crippen LogP contribution in [0.2, 0.25) is 0 Å². The van der Waals surface area contributed by atoms with Crippen molar-refractivity contribution in [1.29, 1.82) is 0 Å². The third-order valence-corrected chi connectivity index (χ3v) is 6.04. The summed E-state index contributed by atoms with van der Waals surface area (Å²) in [5.41, 5.74) is 6.09. The van der Waals surface area contributed by atoms with E-state index in [1.807, 2.05) is 18.2 Å². The second-order valence-corrected chi connectivity index (χ2v) is 8.74. The van der Waals surface area contributed by atoms with Crippen LogP contribution in [0.15, 0.2) is 54.6 Å². The summed E-state index contributed by atoms with van der Waals surface area (Å²) in [6.45, 7) is 3.03. The van der Waals surface area contributed by atoms with Crippen LogP contribution in [0, 0.1) is 16.0 Å². The van der Waals surface area contributed by atoms with Gasteiger partial charge in [-0.3, -0.25) is 25.0 Å². The van der Waals surface area contributed by atoms with Crippen molar-refractivity contribution in [3.63, 3.8) is 0 Å². The van der Waals surface area contributed by atoms with Crippen LogP contribution >= 0.6 is 0 Å². The van der Waals surface area contributed by atoms with Gasteiger partial charge in [-0.25, -0.2) is 0 Å². The van der Waals surface area contributed by atoms with E-state index in [2.05, 4.69) is 17.6 Å². The molecule has 1 aliphatic heterocycles. The molecule has 2 aromatic rings. The Bertz CT molecular complexity index is 986. The number of amides is 2. The number of carbonyl (C=O) groups is 2. The number of ether oxygens (including phenoxy) is 1. The van der Waals surface area contributed by atoms with Gasteiger partial charge in [0.2, 0.25) is 5.91 Å². The molecule has 0 bridgehead atoms. The maximum absolute atomic E-state index is 13.5. The molecule has 2 unspecified atom stereocenters. The predicted molar refractivity (Wildman–Crippen MR) is 133 cm³/mol. The lowest BCUT2D eigenvalue weighted by Gasteiger charge is -2.41. The first-order valence-electron chi connectivity index (χ1n) is 11.9. The summed E-state index contributed by atoms with van der Waals surface area (Å²) >= 11 is 0. The van der Waals surface area contributed by atoms with Gasteiger partial charge in [0.1, 0.15) is 11.8 Å². The topological polar surface area (TPSA) is 140 Å². The normalized spacial score (nSPS) is 18.3. The van der Waals surface area contributed by atoms with Gasteiger partial charge in [0.05, 0.1) is 11.1 Å². The van der Waals surface area contributed by atoms with E-state index in [-0.39, 0.29) is 30.3 Å². The predicted octanol–water partition coefficient (Wildman–Crippen LogP) is 2.89. The molecule has 3 rings (SSSR count). The van der Waals surface area contributed by atoms with Crippen molar-refractivity contribution in [1.82, 2.24) is 10.2 Å². The Balaban J connectivity index is 1.82. The zero-order valence-electron chi connectivity index (χ0n) is 19.9. The lowest BCUT2D eigenvalue weighted by molar-refractivity contribution is -0.384. The molecular weight excluding hydrogens is 450 g/mol. The van der Waals surface area contributed by atoms with E-state index in [0.29, 0.717) is 43.2 Å². The zero-order chi connectivity index (χ0) is 25.2. The SMILES string of the molecule is CC1CCNC(N(C(=O)COc2ccccc2)[C@@H](CCCN)C(=O)Nc2ccc([N+](=O)[O-])cc2)C1. The van der Waals surface area contributed by atoms with Gasteiger partial charge in [-0.05, 0) is 69.0 Å². The van der Waals surface area contributed by atoms with E-state index >= 15 is 0 Å². The smallest absolute Gasteiger partial charge is 0.269 e. The minimum absolute atomic E-state index is 0.0714. The maximum Gasteiger partial charge on any atom is 0.269 e. The van der Waals surface area contributed by atoms with Gasteiger partial charge in [-0.1, -0.05) is 25.1 Å². The third kappa shape index (κ3) is 7.49. The summed E-state index contributed by atoms with van der Waals surface area (Å²) in [5, 5.41) is 17.1. The number of para-hydroxylation sites is 1. The second kappa shape index (κ2) is 12.8. The fourth-order valence-electron chi connectivity index (χ4n) is 4.19. The summed E-state index contributed by atoms with van der Waals surface area (Å²) in [5.74, 6) is 0.279. The molecular formula is C25H33N5O5. The number of hydrogen-bond donors (Lipinski definition) is 3. The van der Waals surface area contributed by atoms with Crippen LogP contribution in [0.3, 0.4) is 0 Å². The highest BCUT2D eigenvalue weighted by Crippen LogP contribution is 2.24. The van der Waals surface area contributed by atoms with Gasteiger partial charge < -0.3 is 20.7 Å². The lowest BCUT2D eigenvalue weighted by Crippen LogP contribution is -2.60. The van der Waals surface area contributed by atoms with Gasteiger partial charge in [0.15, 0.2) is 6.61 Å². The highest BCUT2D eigenvalue weighted by molar-refractivity contribution is 5.97. The lowest BCUT2D eigenvalue weighted by atomic mass is 9.95. The molecule has 0 saturated carbocycles. The summed E-state index contributed by atoms with van der Waals surface area (Å²) in [6, 6.07) is 13.9. The van der Waals surface area contributed by atoms with Crippen molar-refractivity contribution in [2.24, 2.45) is 11.7 Å². The van der Waals surface area contributed by atoms with E-state index in [1.54, 1.807) is 17.0 Å². The molecule has 1 saturated heterocycles. The van der Waals surface area contributed by atoms with Crippen LogP contribution in [0.5, 0.6) is 5.75 Å². The van der Waals surface area contributed by atoms with E-state index in [1.165, 1.54) is 24.3 Å². The molecule has 10 heteroatoms. The van der Waals surface area contributed by atoms with Gasteiger partial charge >= 0.3 is 0 Å². The van der Waals surface area contributed by atoms with Gasteiger partial charge in [0, 0.05) is 17.8 Å². The first kappa shape index (κ1) is 26.1. The number of anilines is 1. The summed E-state index contributed by atoms with van der Waals surface area (Å²) < 4.78 is 5.72. The van der Waals surface area contributed by atoms with E-state index in [4.69, 9.17) is 10.5 Å². The maximum atomic E-state index is 13.5. The number of carbonyl (C=O) groups excluding carboxylic acids is 2. The molecule has 0 aliphatic carbocycles. The number of non-ortho nitro benzene ring substituents is 1. The van der Waals surface area contributed by atoms with Crippen LogP contribution in [0.1, 0.15) is 32.6 Å². The van der Waals surface area contributed by atoms with Gasteiger partial charge in [-0.15, -0.1) is 0 Å². The summed E-state index contributed by atoms with van der Waals surface area (Å²) in [6.07, 6.45) is 2.29. The highest BCUT2D eigenvalue weighted by atomic mass is 16.6. The van der Waals surface area contributed by atoms with Crippen molar-refractivity contribution in [3.8, 4) is 5.75 Å². The quantitative estimate of drug-likeness (QED) is 0.330. The largest absolute Gasteiger partial charge is 0.484 e. The fraction of sp³-hybridized carbons (Fsp3) is 0.440. The molecule has 2 aromatic carbocycles. The number of nitro groups is 1. The minimum atomic E-state index is -0.789. The van der Waals surface area contributed by atoms with Gasteiger partial charge in [0.25, 0.3) is 11.6 Å². The molecule has 1 heterocycles. The second-order valence-electron chi connectivity index (χ2n) is 8.74. The Morgan fingerprint density at radius 1 is 1.23 bits per heavy atom. The number of nitrogens with two attached hydrogens (primary N) is 1. The average molecular weight is 484 g/mol. The summed E-state index contributed by atoms with van der Waals surface area (Å²) in [4.78, 5) is 38.9. The third-order valence-electron chi connectivity index (χ3n) is 6.04. The number of benzene rings is 2.